The highest BCUT2D eigenvalue weighted by atomic mass is 16.5. The molecule has 7 nitrogen and oxygen atoms in total. The third kappa shape index (κ3) is 4.48. The number of rotatable bonds is 7. The Hall–Kier alpha value is -2.15. The number of piperidine rings is 1. The fraction of sp³-hybridized carbons (Fsp3) is 0.611. The van der Waals surface area contributed by atoms with Gasteiger partial charge in [0, 0.05) is 12.3 Å². The minimum absolute atomic E-state index is 0.0171. The predicted octanol–water partition coefficient (Wildman–Crippen LogP) is 3.08. The van der Waals surface area contributed by atoms with Crippen LogP contribution in [-0.2, 0) is 4.79 Å². The molecule has 0 bridgehead atoms. The molecule has 2 N–H and O–H groups in total. The van der Waals surface area contributed by atoms with Crippen LogP contribution in [0.5, 0.6) is 0 Å². The van der Waals surface area contributed by atoms with E-state index in [2.05, 4.69) is 32.5 Å². The molecule has 1 saturated heterocycles. The van der Waals surface area contributed by atoms with Crippen molar-refractivity contribution >= 4 is 11.7 Å². The molecule has 1 aliphatic heterocycles. The van der Waals surface area contributed by atoms with E-state index in [1.54, 1.807) is 6.07 Å². The molecule has 7 heteroatoms. The van der Waals surface area contributed by atoms with E-state index >= 15 is 0 Å². The SMILES string of the molecule is CCCC[C@H](C(=O)Nc1cc(C)on1)N1CCC(c2cn[nH]c2)CC1. The molecule has 136 valence electrons. The Morgan fingerprint density at radius 1 is 1.48 bits per heavy atom. The van der Waals surface area contributed by atoms with Crippen LogP contribution >= 0.6 is 0 Å². The fourth-order valence-corrected chi connectivity index (χ4v) is 3.54. The number of aryl methyl sites for hydroxylation is 1. The quantitative estimate of drug-likeness (QED) is 0.805. The first-order chi connectivity index (χ1) is 12.2. The van der Waals surface area contributed by atoms with Gasteiger partial charge in [0.1, 0.15) is 5.76 Å². The van der Waals surface area contributed by atoms with E-state index in [4.69, 9.17) is 4.52 Å². The number of nitrogens with one attached hydrogen (secondary N) is 2. The molecule has 0 radical (unpaired) electrons. The normalized spacial score (nSPS) is 17.5. The summed E-state index contributed by atoms with van der Waals surface area (Å²) in [5, 5.41) is 13.7. The van der Waals surface area contributed by atoms with Gasteiger partial charge < -0.3 is 9.84 Å². The zero-order chi connectivity index (χ0) is 17.6. The van der Waals surface area contributed by atoms with Crippen LogP contribution in [-0.4, -0.2) is 45.3 Å². The molecule has 1 atom stereocenters. The molecule has 3 rings (SSSR count). The molecule has 1 aliphatic rings. The summed E-state index contributed by atoms with van der Waals surface area (Å²) in [6, 6.07) is 1.64. The number of carbonyl (C=O) groups excluding carboxylic acids is 1. The first kappa shape index (κ1) is 17.7. The van der Waals surface area contributed by atoms with Crippen molar-refractivity contribution in [3.63, 3.8) is 0 Å². The van der Waals surface area contributed by atoms with Gasteiger partial charge in [-0.3, -0.25) is 14.8 Å². The summed E-state index contributed by atoms with van der Waals surface area (Å²) in [7, 11) is 0. The van der Waals surface area contributed by atoms with Gasteiger partial charge in [0.15, 0.2) is 5.82 Å². The molecule has 3 heterocycles. The number of hydrogen-bond donors (Lipinski definition) is 2. The van der Waals surface area contributed by atoms with Crippen LogP contribution in [0.2, 0.25) is 0 Å². The molecule has 1 fully saturated rings. The minimum atomic E-state index is -0.109. The van der Waals surface area contributed by atoms with Crippen molar-refractivity contribution in [1.82, 2.24) is 20.3 Å². The third-order valence-electron chi connectivity index (χ3n) is 4.97. The minimum Gasteiger partial charge on any atom is -0.360 e. The van der Waals surface area contributed by atoms with Gasteiger partial charge in [-0.25, -0.2) is 0 Å². The second-order valence-electron chi connectivity index (χ2n) is 6.81. The maximum Gasteiger partial charge on any atom is 0.242 e. The number of anilines is 1. The van der Waals surface area contributed by atoms with Crippen molar-refractivity contribution in [2.45, 2.75) is 57.9 Å². The van der Waals surface area contributed by atoms with Gasteiger partial charge in [-0.2, -0.15) is 5.10 Å². The van der Waals surface area contributed by atoms with Gasteiger partial charge in [0.2, 0.25) is 5.91 Å². The molecule has 2 aromatic heterocycles. The van der Waals surface area contributed by atoms with Crippen LogP contribution in [0.15, 0.2) is 23.0 Å². The van der Waals surface area contributed by atoms with Gasteiger partial charge in [-0.15, -0.1) is 0 Å². The lowest BCUT2D eigenvalue weighted by atomic mass is 9.90. The van der Waals surface area contributed by atoms with E-state index in [9.17, 15) is 4.79 Å². The van der Waals surface area contributed by atoms with Crippen LogP contribution in [0.1, 0.15) is 56.3 Å². The summed E-state index contributed by atoms with van der Waals surface area (Å²) in [6.45, 7) is 5.82. The van der Waals surface area contributed by atoms with Crippen molar-refractivity contribution < 1.29 is 9.32 Å². The Labute approximate surface area is 148 Å². The number of hydrogen-bond acceptors (Lipinski definition) is 5. The van der Waals surface area contributed by atoms with E-state index in [0.29, 0.717) is 17.5 Å². The van der Waals surface area contributed by atoms with Crippen molar-refractivity contribution in [2.75, 3.05) is 18.4 Å². The molecule has 2 aromatic rings. The number of carbonyl (C=O) groups is 1. The Morgan fingerprint density at radius 2 is 2.28 bits per heavy atom. The number of amides is 1. The smallest absolute Gasteiger partial charge is 0.242 e. The van der Waals surface area contributed by atoms with E-state index in [-0.39, 0.29) is 11.9 Å². The Kier molecular flexibility index (Phi) is 5.86. The summed E-state index contributed by atoms with van der Waals surface area (Å²) in [6.07, 6.45) is 8.99. The number of H-pyrrole nitrogens is 1. The van der Waals surface area contributed by atoms with E-state index in [1.807, 2.05) is 19.3 Å². The lowest BCUT2D eigenvalue weighted by Gasteiger charge is -2.36. The van der Waals surface area contributed by atoms with Crippen molar-refractivity contribution in [2.24, 2.45) is 0 Å². The van der Waals surface area contributed by atoms with Crippen molar-refractivity contribution in [3.8, 4) is 0 Å². The summed E-state index contributed by atoms with van der Waals surface area (Å²) in [5.41, 5.74) is 1.27. The Balaban J connectivity index is 1.61. The zero-order valence-corrected chi connectivity index (χ0v) is 15.0. The summed E-state index contributed by atoms with van der Waals surface area (Å²) in [5.74, 6) is 1.74. The van der Waals surface area contributed by atoms with Crippen molar-refractivity contribution in [3.05, 3.63) is 29.8 Å². The molecule has 0 unspecified atom stereocenters. The van der Waals surface area contributed by atoms with Crippen LogP contribution in [0.25, 0.3) is 0 Å². The van der Waals surface area contributed by atoms with Crippen LogP contribution in [0, 0.1) is 6.92 Å². The monoisotopic (exact) mass is 345 g/mol. The average molecular weight is 345 g/mol. The topological polar surface area (TPSA) is 87.1 Å². The second-order valence-corrected chi connectivity index (χ2v) is 6.81. The molecule has 1 amide bonds. The van der Waals surface area contributed by atoms with Crippen molar-refractivity contribution in [1.29, 1.82) is 0 Å². The fourth-order valence-electron chi connectivity index (χ4n) is 3.54. The Bertz CT molecular complexity index is 659. The van der Waals surface area contributed by atoms with Crippen LogP contribution in [0.4, 0.5) is 5.82 Å². The van der Waals surface area contributed by atoms with Gasteiger partial charge >= 0.3 is 0 Å². The van der Waals surface area contributed by atoms with Crippen LogP contribution in [0.3, 0.4) is 0 Å². The maximum atomic E-state index is 12.8. The highest BCUT2D eigenvalue weighted by Crippen LogP contribution is 2.29. The molecule has 25 heavy (non-hydrogen) atoms. The molecular formula is C18H27N5O2. The van der Waals surface area contributed by atoms with Gasteiger partial charge in [-0.1, -0.05) is 24.9 Å². The van der Waals surface area contributed by atoms with Gasteiger partial charge in [0.05, 0.1) is 12.2 Å². The van der Waals surface area contributed by atoms with Gasteiger partial charge in [-0.05, 0) is 50.8 Å². The highest BCUT2D eigenvalue weighted by molar-refractivity contribution is 5.94. The van der Waals surface area contributed by atoms with Gasteiger partial charge in [0.25, 0.3) is 0 Å². The Morgan fingerprint density at radius 3 is 2.88 bits per heavy atom. The number of aromatic nitrogens is 3. The van der Waals surface area contributed by atoms with E-state index in [0.717, 1.165) is 45.2 Å². The first-order valence-corrected chi connectivity index (χ1v) is 9.14. The number of likely N-dealkylation sites (tertiary alicyclic amines) is 1. The molecule has 0 aliphatic carbocycles. The number of nitrogens with zero attached hydrogens (tertiary/aromatic N) is 3. The first-order valence-electron chi connectivity index (χ1n) is 9.14. The maximum absolute atomic E-state index is 12.8. The largest absolute Gasteiger partial charge is 0.360 e. The second kappa shape index (κ2) is 8.29. The predicted molar refractivity (Wildman–Crippen MR) is 95.3 cm³/mol. The average Bonchev–Trinajstić information content (AvgIpc) is 3.28. The zero-order valence-electron chi connectivity index (χ0n) is 15.0. The highest BCUT2D eigenvalue weighted by Gasteiger charge is 2.30. The molecule has 0 saturated carbocycles. The summed E-state index contributed by atoms with van der Waals surface area (Å²) < 4.78 is 5.04. The summed E-state index contributed by atoms with van der Waals surface area (Å²) >= 11 is 0. The van der Waals surface area contributed by atoms with E-state index in [1.165, 1.54) is 5.56 Å². The summed E-state index contributed by atoms with van der Waals surface area (Å²) in [4.78, 5) is 15.1. The number of aromatic amines is 1. The molecule has 0 aromatic carbocycles. The van der Waals surface area contributed by atoms with E-state index < -0.39 is 0 Å². The molecule has 0 spiro atoms. The van der Waals surface area contributed by atoms with Crippen LogP contribution < -0.4 is 5.32 Å². The standard InChI is InChI=1S/C18H27N5O2/c1-3-4-5-16(18(24)21-17-10-13(2)25-22-17)23-8-6-14(7-9-23)15-11-19-20-12-15/h10-12,14,16H,3-9H2,1-2H3,(H,19,20)(H,21,22,24)/t16-/m1/s1. The lowest BCUT2D eigenvalue weighted by molar-refractivity contribution is -0.122. The lowest BCUT2D eigenvalue weighted by Crippen LogP contribution is -2.47. The number of unbranched alkanes of at least 4 members (excludes halogenated alkanes) is 1. The molecular weight excluding hydrogens is 318 g/mol. The third-order valence-corrected chi connectivity index (χ3v) is 4.97.